The zero-order valence-electron chi connectivity index (χ0n) is 17.0. The SMILES string of the molecule is C=CC(=O)N1CCN(Cc2ccc(CCOc3ccc(C)cc3)cc2C)CC1. The molecule has 0 radical (unpaired) electrons. The number of hydrogen-bond donors (Lipinski definition) is 0. The van der Waals surface area contributed by atoms with Crippen molar-refractivity contribution in [3.63, 3.8) is 0 Å². The first-order chi connectivity index (χ1) is 13.5. The molecule has 0 aromatic heterocycles. The number of nitrogens with zero attached hydrogens (tertiary/aromatic N) is 2. The average molecular weight is 379 g/mol. The second kappa shape index (κ2) is 9.56. The van der Waals surface area contributed by atoms with E-state index in [1.807, 2.05) is 17.0 Å². The Kier molecular flexibility index (Phi) is 6.88. The molecule has 0 N–H and O–H groups in total. The molecule has 0 unspecified atom stereocenters. The molecule has 1 saturated heterocycles. The Morgan fingerprint density at radius 2 is 1.79 bits per heavy atom. The number of hydrogen-bond acceptors (Lipinski definition) is 3. The van der Waals surface area contributed by atoms with Gasteiger partial charge in [0.25, 0.3) is 0 Å². The van der Waals surface area contributed by atoms with Crippen LogP contribution in [0.4, 0.5) is 0 Å². The fraction of sp³-hybridized carbons (Fsp3) is 0.375. The lowest BCUT2D eigenvalue weighted by atomic mass is 10.0. The van der Waals surface area contributed by atoms with Gasteiger partial charge in [-0.05, 0) is 48.7 Å². The normalized spacial score (nSPS) is 14.7. The number of aryl methyl sites for hydroxylation is 2. The predicted molar refractivity (Wildman–Crippen MR) is 114 cm³/mol. The van der Waals surface area contributed by atoms with Gasteiger partial charge in [-0.15, -0.1) is 0 Å². The van der Waals surface area contributed by atoms with Crippen LogP contribution in [0, 0.1) is 13.8 Å². The summed E-state index contributed by atoms with van der Waals surface area (Å²) in [4.78, 5) is 16.0. The van der Waals surface area contributed by atoms with Crippen LogP contribution in [0.5, 0.6) is 5.75 Å². The van der Waals surface area contributed by atoms with Crippen molar-refractivity contribution in [3.8, 4) is 5.75 Å². The maximum atomic E-state index is 11.7. The van der Waals surface area contributed by atoms with E-state index in [1.54, 1.807) is 0 Å². The molecule has 2 aromatic carbocycles. The molecule has 4 nitrogen and oxygen atoms in total. The Hall–Kier alpha value is -2.59. The van der Waals surface area contributed by atoms with Crippen LogP contribution in [0.2, 0.25) is 0 Å². The van der Waals surface area contributed by atoms with E-state index in [0.29, 0.717) is 6.61 Å². The van der Waals surface area contributed by atoms with Crippen molar-refractivity contribution in [2.45, 2.75) is 26.8 Å². The van der Waals surface area contributed by atoms with Crippen LogP contribution < -0.4 is 4.74 Å². The molecule has 4 heteroatoms. The highest BCUT2D eigenvalue weighted by atomic mass is 16.5. The van der Waals surface area contributed by atoms with E-state index in [4.69, 9.17) is 4.74 Å². The maximum Gasteiger partial charge on any atom is 0.246 e. The summed E-state index contributed by atoms with van der Waals surface area (Å²) in [5.41, 5.74) is 5.21. The minimum absolute atomic E-state index is 0.0352. The zero-order chi connectivity index (χ0) is 19.9. The van der Waals surface area contributed by atoms with Crippen molar-refractivity contribution in [1.82, 2.24) is 9.80 Å². The summed E-state index contributed by atoms with van der Waals surface area (Å²) in [7, 11) is 0. The molecule has 1 aliphatic rings. The summed E-state index contributed by atoms with van der Waals surface area (Å²) in [5.74, 6) is 0.959. The molecule has 28 heavy (non-hydrogen) atoms. The molecule has 2 aromatic rings. The van der Waals surface area contributed by atoms with E-state index < -0.39 is 0 Å². The van der Waals surface area contributed by atoms with E-state index in [0.717, 1.165) is 44.9 Å². The van der Waals surface area contributed by atoms with Crippen LogP contribution in [-0.4, -0.2) is 48.5 Å². The first-order valence-electron chi connectivity index (χ1n) is 9.97. The summed E-state index contributed by atoms with van der Waals surface area (Å²) in [5, 5.41) is 0. The van der Waals surface area contributed by atoms with E-state index in [1.165, 1.54) is 28.3 Å². The smallest absolute Gasteiger partial charge is 0.246 e. The lowest BCUT2D eigenvalue weighted by Crippen LogP contribution is -2.47. The highest BCUT2D eigenvalue weighted by Gasteiger charge is 2.19. The van der Waals surface area contributed by atoms with E-state index in [2.05, 4.69) is 55.7 Å². The van der Waals surface area contributed by atoms with Gasteiger partial charge in [0, 0.05) is 39.1 Å². The van der Waals surface area contributed by atoms with E-state index in [9.17, 15) is 4.79 Å². The lowest BCUT2D eigenvalue weighted by Gasteiger charge is -2.34. The van der Waals surface area contributed by atoms with Gasteiger partial charge in [-0.25, -0.2) is 0 Å². The topological polar surface area (TPSA) is 32.8 Å². The summed E-state index contributed by atoms with van der Waals surface area (Å²) in [6.07, 6.45) is 2.30. The third-order valence-corrected chi connectivity index (χ3v) is 5.34. The van der Waals surface area contributed by atoms with Gasteiger partial charge in [0.15, 0.2) is 0 Å². The molecule has 0 bridgehead atoms. The van der Waals surface area contributed by atoms with Crippen molar-refractivity contribution >= 4 is 5.91 Å². The van der Waals surface area contributed by atoms with Crippen molar-refractivity contribution < 1.29 is 9.53 Å². The quantitative estimate of drug-likeness (QED) is 0.688. The second-order valence-corrected chi connectivity index (χ2v) is 7.48. The van der Waals surface area contributed by atoms with Crippen LogP contribution >= 0.6 is 0 Å². The van der Waals surface area contributed by atoms with Gasteiger partial charge in [0.05, 0.1) is 6.61 Å². The zero-order valence-corrected chi connectivity index (χ0v) is 17.0. The first-order valence-corrected chi connectivity index (χ1v) is 9.97. The predicted octanol–water partition coefficient (Wildman–Crippen LogP) is 3.76. The number of piperazine rings is 1. The van der Waals surface area contributed by atoms with Crippen LogP contribution in [-0.2, 0) is 17.8 Å². The minimum Gasteiger partial charge on any atom is -0.493 e. The van der Waals surface area contributed by atoms with Crippen molar-refractivity contribution in [1.29, 1.82) is 0 Å². The van der Waals surface area contributed by atoms with Gasteiger partial charge in [-0.3, -0.25) is 9.69 Å². The Bertz CT molecular complexity index is 806. The van der Waals surface area contributed by atoms with Gasteiger partial charge in [0.1, 0.15) is 5.75 Å². The molecule has 148 valence electrons. The third-order valence-electron chi connectivity index (χ3n) is 5.34. The van der Waals surface area contributed by atoms with Crippen molar-refractivity contribution in [2.75, 3.05) is 32.8 Å². The van der Waals surface area contributed by atoms with Crippen molar-refractivity contribution in [2.24, 2.45) is 0 Å². The molecule has 1 heterocycles. The van der Waals surface area contributed by atoms with Gasteiger partial charge in [-0.2, -0.15) is 0 Å². The molecule has 0 spiro atoms. The summed E-state index contributed by atoms with van der Waals surface area (Å²) in [6.45, 7) is 12.8. The number of ether oxygens (including phenoxy) is 1. The van der Waals surface area contributed by atoms with Crippen LogP contribution in [0.1, 0.15) is 22.3 Å². The number of carbonyl (C=O) groups is 1. The number of rotatable bonds is 7. The third kappa shape index (κ3) is 5.46. The van der Waals surface area contributed by atoms with E-state index >= 15 is 0 Å². The van der Waals surface area contributed by atoms with Gasteiger partial charge >= 0.3 is 0 Å². The molecular weight excluding hydrogens is 348 g/mol. The molecule has 0 aliphatic carbocycles. The summed E-state index contributed by atoms with van der Waals surface area (Å²) < 4.78 is 5.85. The average Bonchev–Trinajstić information content (AvgIpc) is 2.71. The fourth-order valence-corrected chi connectivity index (χ4v) is 3.51. The molecule has 1 amide bonds. The number of carbonyl (C=O) groups excluding carboxylic acids is 1. The number of benzene rings is 2. The van der Waals surface area contributed by atoms with Gasteiger partial charge in [-0.1, -0.05) is 42.5 Å². The van der Waals surface area contributed by atoms with E-state index in [-0.39, 0.29) is 5.91 Å². The standard InChI is InChI=1S/C24H30N2O2/c1-4-24(27)26-14-12-25(13-15-26)18-22-8-7-21(17-20(22)3)11-16-28-23-9-5-19(2)6-10-23/h4-10,17H,1,11-16,18H2,2-3H3. The fourth-order valence-electron chi connectivity index (χ4n) is 3.51. The summed E-state index contributed by atoms with van der Waals surface area (Å²) in [6, 6.07) is 14.9. The first kappa shape index (κ1) is 20.2. The Morgan fingerprint density at radius 3 is 2.43 bits per heavy atom. The minimum atomic E-state index is 0.0352. The summed E-state index contributed by atoms with van der Waals surface area (Å²) >= 11 is 0. The number of amides is 1. The molecule has 0 atom stereocenters. The van der Waals surface area contributed by atoms with Gasteiger partial charge in [0.2, 0.25) is 5.91 Å². The molecule has 1 fully saturated rings. The Balaban J connectivity index is 1.48. The Labute approximate surface area is 168 Å². The van der Waals surface area contributed by atoms with Crippen molar-refractivity contribution in [3.05, 3.63) is 77.4 Å². The molecule has 1 aliphatic heterocycles. The highest BCUT2D eigenvalue weighted by Crippen LogP contribution is 2.17. The van der Waals surface area contributed by atoms with Crippen LogP contribution in [0.25, 0.3) is 0 Å². The molecule has 3 rings (SSSR count). The molecular formula is C24H30N2O2. The van der Waals surface area contributed by atoms with Crippen LogP contribution in [0.15, 0.2) is 55.1 Å². The monoisotopic (exact) mass is 378 g/mol. The highest BCUT2D eigenvalue weighted by molar-refractivity contribution is 5.87. The molecule has 0 saturated carbocycles. The second-order valence-electron chi connectivity index (χ2n) is 7.48. The lowest BCUT2D eigenvalue weighted by molar-refractivity contribution is -0.127. The van der Waals surface area contributed by atoms with Crippen LogP contribution in [0.3, 0.4) is 0 Å². The van der Waals surface area contributed by atoms with Gasteiger partial charge < -0.3 is 9.64 Å². The maximum absolute atomic E-state index is 11.7. The Morgan fingerprint density at radius 1 is 1.07 bits per heavy atom. The largest absolute Gasteiger partial charge is 0.493 e.